The van der Waals surface area contributed by atoms with Gasteiger partial charge < -0.3 is 19.5 Å². The van der Waals surface area contributed by atoms with Crippen molar-refractivity contribution >= 4 is 11.7 Å². The lowest BCUT2D eigenvalue weighted by atomic mass is 9.87. The minimum atomic E-state index is -0.808. The molecule has 0 saturated carbocycles. The second kappa shape index (κ2) is 10.9. The summed E-state index contributed by atoms with van der Waals surface area (Å²) in [5.74, 6) is 0.317. The van der Waals surface area contributed by atoms with Crippen molar-refractivity contribution in [3.05, 3.63) is 131 Å². The number of carbonyl (C=O) groups excluding carboxylic acids is 1. The molecule has 0 aliphatic carbocycles. The van der Waals surface area contributed by atoms with E-state index in [0.717, 1.165) is 22.6 Å². The lowest BCUT2D eigenvalue weighted by Crippen LogP contribution is -2.51. The van der Waals surface area contributed by atoms with Gasteiger partial charge in [0.15, 0.2) is 6.10 Å². The molecule has 1 N–H and O–H groups in total. The Morgan fingerprint density at radius 1 is 0.838 bits per heavy atom. The maximum absolute atomic E-state index is 13.1. The molecule has 4 aromatic carbocycles. The third kappa shape index (κ3) is 5.84. The summed E-state index contributed by atoms with van der Waals surface area (Å²) in [6, 6.07) is 35.2. The van der Waals surface area contributed by atoms with E-state index in [1.165, 1.54) is 5.56 Å². The van der Waals surface area contributed by atoms with Crippen molar-refractivity contribution in [2.45, 2.75) is 44.8 Å². The summed E-state index contributed by atoms with van der Waals surface area (Å²) in [6.45, 7) is 4.93. The predicted molar refractivity (Wildman–Crippen MR) is 145 cm³/mol. The number of benzene rings is 4. The molecule has 4 aromatic rings. The number of esters is 1. The molecule has 37 heavy (non-hydrogen) atoms. The molecule has 1 heterocycles. The smallest absolute Gasteiger partial charge is 0.338 e. The Balaban J connectivity index is 1.45. The van der Waals surface area contributed by atoms with E-state index in [4.69, 9.17) is 14.2 Å². The SMILES string of the molecule is CC1(C)Oc2ccc(NCc3ccccc3)cc2C(OCc2ccccc2)C1OC(=O)c1ccccc1. The normalized spacial score (nSPS) is 17.8. The van der Waals surface area contributed by atoms with Crippen LogP contribution in [0.1, 0.15) is 47.0 Å². The molecule has 1 aliphatic heterocycles. The molecule has 1 aliphatic rings. The van der Waals surface area contributed by atoms with Crippen LogP contribution in [0.2, 0.25) is 0 Å². The molecule has 0 fully saturated rings. The Morgan fingerprint density at radius 2 is 1.46 bits per heavy atom. The fraction of sp³-hybridized carbons (Fsp3) is 0.219. The predicted octanol–water partition coefficient (Wildman–Crippen LogP) is 6.95. The van der Waals surface area contributed by atoms with Crippen LogP contribution in [0.15, 0.2) is 109 Å². The molecule has 0 saturated heterocycles. The number of hydrogen-bond donors (Lipinski definition) is 1. The van der Waals surface area contributed by atoms with Gasteiger partial charge in [-0.05, 0) is 55.3 Å². The Bertz CT molecular complexity index is 1320. The number of rotatable bonds is 8. The Hall–Kier alpha value is -4.09. The molecule has 0 radical (unpaired) electrons. The number of anilines is 1. The summed E-state index contributed by atoms with van der Waals surface area (Å²) in [6.07, 6.45) is -1.19. The van der Waals surface area contributed by atoms with E-state index >= 15 is 0 Å². The zero-order valence-electron chi connectivity index (χ0n) is 21.1. The van der Waals surface area contributed by atoms with E-state index in [0.29, 0.717) is 18.7 Å². The first kappa shape index (κ1) is 24.6. The van der Waals surface area contributed by atoms with Gasteiger partial charge in [-0.3, -0.25) is 0 Å². The zero-order valence-corrected chi connectivity index (χ0v) is 21.1. The third-order valence-electron chi connectivity index (χ3n) is 6.50. The molecule has 0 spiro atoms. The zero-order chi connectivity index (χ0) is 25.7. The van der Waals surface area contributed by atoms with E-state index in [1.807, 2.05) is 98.8 Å². The van der Waals surface area contributed by atoms with Crippen LogP contribution in [0.5, 0.6) is 5.75 Å². The maximum Gasteiger partial charge on any atom is 0.338 e. The van der Waals surface area contributed by atoms with Crippen LogP contribution in [-0.4, -0.2) is 17.7 Å². The molecule has 5 nitrogen and oxygen atoms in total. The largest absolute Gasteiger partial charge is 0.483 e. The van der Waals surface area contributed by atoms with Crippen molar-refractivity contribution in [3.63, 3.8) is 0 Å². The van der Waals surface area contributed by atoms with Crippen molar-refractivity contribution in [1.82, 2.24) is 0 Å². The van der Waals surface area contributed by atoms with Gasteiger partial charge in [-0.1, -0.05) is 78.9 Å². The maximum atomic E-state index is 13.1. The van der Waals surface area contributed by atoms with Crippen LogP contribution in [0.25, 0.3) is 0 Å². The van der Waals surface area contributed by atoms with Gasteiger partial charge in [-0.25, -0.2) is 4.79 Å². The second-order valence-electron chi connectivity index (χ2n) is 9.71. The Morgan fingerprint density at radius 3 is 2.14 bits per heavy atom. The van der Waals surface area contributed by atoms with Gasteiger partial charge in [0, 0.05) is 17.8 Å². The first-order chi connectivity index (χ1) is 18.0. The molecule has 5 rings (SSSR count). The summed E-state index contributed by atoms with van der Waals surface area (Å²) in [5.41, 5.74) is 3.69. The highest BCUT2D eigenvalue weighted by Crippen LogP contribution is 2.45. The number of ether oxygens (including phenoxy) is 3. The molecular formula is C32H31NO4. The van der Waals surface area contributed by atoms with Crippen molar-refractivity contribution in [1.29, 1.82) is 0 Å². The molecule has 188 valence electrons. The molecule has 2 atom stereocenters. The average Bonchev–Trinajstić information content (AvgIpc) is 2.93. The third-order valence-corrected chi connectivity index (χ3v) is 6.50. The van der Waals surface area contributed by atoms with Crippen molar-refractivity contribution in [2.24, 2.45) is 0 Å². The van der Waals surface area contributed by atoms with Gasteiger partial charge >= 0.3 is 5.97 Å². The van der Waals surface area contributed by atoms with Gasteiger partial charge in [0.2, 0.25) is 0 Å². The average molecular weight is 494 g/mol. The lowest BCUT2D eigenvalue weighted by Gasteiger charge is -2.43. The fourth-order valence-corrected chi connectivity index (χ4v) is 4.54. The van der Waals surface area contributed by atoms with Gasteiger partial charge in [-0.15, -0.1) is 0 Å². The van der Waals surface area contributed by atoms with Gasteiger partial charge in [0.25, 0.3) is 0 Å². The van der Waals surface area contributed by atoms with Crippen molar-refractivity contribution in [3.8, 4) is 5.75 Å². The number of hydrogen-bond acceptors (Lipinski definition) is 5. The van der Waals surface area contributed by atoms with E-state index < -0.39 is 23.8 Å². The first-order valence-corrected chi connectivity index (χ1v) is 12.5. The Labute approximate surface area is 218 Å². The van der Waals surface area contributed by atoms with E-state index in [1.54, 1.807) is 12.1 Å². The highest BCUT2D eigenvalue weighted by Gasteiger charge is 2.47. The van der Waals surface area contributed by atoms with E-state index in [-0.39, 0.29) is 0 Å². The van der Waals surface area contributed by atoms with Gasteiger partial charge in [0.1, 0.15) is 17.5 Å². The molecule has 2 unspecified atom stereocenters. The summed E-state index contributed by atoms with van der Waals surface area (Å²) in [5, 5.41) is 3.49. The minimum absolute atomic E-state index is 0.377. The standard InChI is InChI=1S/C32H31NO4/c1-32(2)30(36-31(34)25-16-10-5-11-17-25)29(35-22-24-14-8-4-9-15-24)27-20-26(18-19-28(27)37-32)33-21-23-12-6-3-7-13-23/h3-20,29-30,33H,21-22H2,1-2H3. The summed E-state index contributed by atoms with van der Waals surface area (Å²) < 4.78 is 19.0. The molecule has 0 aromatic heterocycles. The van der Waals surface area contributed by atoms with Gasteiger partial charge in [0.05, 0.1) is 12.2 Å². The topological polar surface area (TPSA) is 56.8 Å². The molecule has 5 heteroatoms. The first-order valence-electron chi connectivity index (χ1n) is 12.5. The molecule has 0 bridgehead atoms. The second-order valence-corrected chi connectivity index (χ2v) is 9.71. The van der Waals surface area contributed by atoms with Crippen LogP contribution in [-0.2, 0) is 22.6 Å². The van der Waals surface area contributed by atoms with E-state index in [2.05, 4.69) is 17.4 Å². The van der Waals surface area contributed by atoms with Crippen molar-refractivity contribution in [2.75, 3.05) is 5.32 Å². The molecular weight excluding hydrogens is 462 g/mol. The van der Waals surface area contributed by atoms with Crippen LogP contribution < -0.4 is 10.1 Å². The van der Waals surface area contributed by atoms with Crippen molar-refractivity contribution < 1.29 is 19.0 Å². The van der Waals surface area contributed by atoms with Crippen LogP contribution >= 0.6 is 0 Å². The number of fused-ring (bicyclic) bond motifs is 1. The Kier molecular flexibility index (Phi) is 7.24. The highest BCUT2D eigenvalue weighted by atomic mass is 16.6. The number of carbonyl (C=O) groups is 1. The summed E-state index contributed by atoms with van der Waals surface area (Å²) in [4.78, 5) is 13.1. The minimum Gasteiger partial charge on any atom is -0.483 e. The van der Waals surface area contributed by atoms with Gasteiger partial charge in [-0.2, -0.15) is 0 Å². The van der Waals surface area contributed by atoms with Crippen LogP contribution in [0, 0.1) is 0 Å². The monoisotopic (exact) mass is 493 g/mol. The highest BCUT2D eigenvalue weighted by molar-refractivity contribution is 5.89. The fourth-order valence-electron chi connectivity index (χ4n) is 4.54. The van der Waals surface area contributed by atoms with Crippen LogP contribution in [0.4, 0.5) is 5.69 Å². The summed E-state index contributed by atoms with van der Waals surface area (Å²) in [7, 11) is 0. The summed E-state index contributed by atoms with van der Waals surface area (Å²) >= 11 is 0. The number of nitrogens with one attached hydrogen (secondary N) is 1. The quantitative estimate of drug-likeness (QED) is 0.269. The van der Waals surface area contributed by atoms with Crippen LogP contribution in [0.3, 0.4) is 0 Å². The molecule has 0 amide bonds. The van der Waals surface area contributed by atoms with E-state index in [9.17, 15) is 4.79 Å². The lowest BCUT2D eigenvalue weighted by molar-refractivity contribution is -0.143.